The number of benzene rings is 3. The van der Waals surface area contributed by atoms with Crippen molar-refractivity contribution in [3.05, 3.63) is 105 Å². The summed E-state index contributed by atoms with van der Waals surface area (Å²) in [4.78, 5) is 27.3. The monoisotopic (exact) mass is 444 g/mol. The Bertz CT molecular complexity index is 1250. The average molecular weight is 444 g/mol. The number of non-ortho nitro benzene ring substituents is 1. The van der Waals surface area contributed by atoms with E-state index in [9.17, 15) is 14.9 Å². The summed E-state index contributed by atoms with van der Waals surface area (Å²) in [6, 6.07) is 20.8. The molecule has 4 rings (SSSR count). The van der Waals surface area contributed by atoms with Crippen LogP contribution in [-0.4, -0.2) is 30.0 Å². The Morgan fingerprint density at radius 2 is 1.79 bits per heavy atom. The van der Waals surface area contributed by atoms with E-state index in [1.165, 1.54) is 24.3 Å². The van der Waals surface area contributed by atoms with Gasteiger partial charge < -0.3 is 14.2 Å². The maximum atomic E-state index is 12.3. The van der Waals surface area contributed by atoms with Crippen LogP contribution >= 0.6 is 0 Å². The second-order valence-corrected chi connectivity index (χ2v) is 7.19. The van der Waals surface area contributed by atoms with E-state index in [2.05, 4.69) is 4.99 Å². The first-order valence-electron chi connectivity index (χ1n) is 10.2. The summed E-state index contributed by atoms with van der Waals surface area (Å²) in [6.45, 7) is 2.44. The van der Waals surface area contributed by atoms with Crippen LogP contribution in [0.15, 0.2) is 83.5 Å². The lowest BCUT2D eigenvalue weighted by Crippen LogP contribution is -2.10. The molecule has 0 spiro atoms. The van der Waals surface area contributed by atoms with E-state index in [4.69, 9.17) is 14.2 Å². The van der Waals surface area contributed by atoms with Crippen molar-refractivity contribution < 1.29 is 23.9 Å². The van der Waals surface area contributed by atoms with Gasteiger partial charge >= 0.3 is 5.97 Å². The normalized spacial score (nSPS) is 14.0. The second-order valence-electron chi connectivity index (χ2n) is 7.19. The van der Waals surface area contributed by atoms with Gasteiger partial charge in [-0.05, 0) is 48.9 Å². The van der Waals surface area contributed by atoms with E-state index in [0.717, 1.165) is 11.3 Å². The van der Waals surface area contributed by atoms with Gasteiger partial charge in [-0.25, -0.2) is 9.79 Å². The molecule has 0 saturated heterocycles. The topological polar surface area (TPSA) is 100 Å². The molecular weight excluding hydrogens is 424 g/mol. The summed E-state index contributed by atoms with van der Waals surface area (Å²) in [7, 11) is 0. The lowest BCUT2D eigenvalue weighted by molar-refractivity contribution is -0.384. The van der Waals surface area contributed by atoms with Gasteiger partial charge in [0.25, 0.3) is 5.69 Å². The van der Waals surface area contributed by atoms with Gasteiger partial charge in [0.15, 0.2) is 5.70 Å². The highest BCUT2D eigenvalue weighted by Gasteiger charge is 2.25. The van der Waals surface area contributed by atoms with Crippen LogP contribution in [0, 0.1) is 17.0 Å². The first-order chi connectivity index (χ1) is 16.0. The maximum absolute atomic E-state index is 12.3. The van der Waals surface area contributed by atoms with E-state index in [1.54, 1.807) is 24.3 Å². The Labute approximate surface area is 189 Å². The summed E-state index contributed by atoms with van der Waals surface area (Å²) in [5, 5.41) is 11.3. The van der Waals surface area contributed by atoms with Crippen molar-refractivity contribution in [3.63, 3.8) is 0 Å². The summed E-state index contributed by atoms with van der Waals surface area (Å²) in [6.07, 6.45) is 1.42. The van der Waals surface area contributed by atoms with E-state index in [-0.39, 0.29) is 30.5 Å². The number of aliphatic imine (C=N–C) groups is 1. The molecule has 0 aliphatic carbocycles. The Morgan fingerprint density at radius 1 is 1.00 bits per heavy atom. The van der Waals surface area contributed by atoms with Gasteiger partial charge in [-0.2, -0.15) is 0 Å². The molecule has 0 amide bonds. The highest BCUT2D eigenvalue weighted by Crippen LogP contribution is 2.28. The summed E-state index contributed by atoms with van der Waals surface area (Å²) in [5.41, 5.74) is 1.96. The molecule has 8 nitrogen and oxygen atoms in total. The van der Waals surface area contributed by atoms with Crippen LogP contribution in [0.4, 0.5) is 5.69 Å². The predicted molar refractivity (Wildman–Crippen MR) is 122 cm³/mol. The Hall–Kier alpha value is -4.46. The minimum atomic E-state index is -0.644. The molecule has 0 radical (unpaired) electrons. The number of aryl methyl sites for hydroxylation is 1. The SMILES string of the molecule is Cc1cccc(OCCOc2ccc([N+](=O)[O-])cc2/C=C2\N=C(c3ccccc3)OC2=O)c1. The van der Waals surface area contributed by atoms with Gasteiger partial charge in [0.2, 0.25) is 5.90 Å². The second kappa shape index (κ2) is 9.78. The predicted octanol–water partition coefficient (Wildman–Crippen LogP) is 4.71. The Kier molecular flexibility index (Phi) is 6.45. The zero-order valence-corrected chi connectivity index (χ0v) is 17.8. The third-order valence-electron chi connectivity index (χ3n) is 4.74. The molecule has 1 aliphatic heterocycles. The average Bonchev–Trinajstić information content (AvgIpc) is 3.18. The zero-order chi connectivity index (χ0) is 23.2. The molecule has 0 saturated carbocycles. The fourth-order valence-electron chi connectivity index (χ4n) is 3.17. The summed E-state index contributed by atoms with van der Waals surface area (Å²) < 4.78 is 16.7. The summed E-state index contributed by atoms with van der Waals surface area (Å²) in [5.74, 6) is 0.610. The van der Waals surface area contributed by atoms with Gasteiger partial charge in [0.05, 0.1) is 4.92 Å². The lowest BCUT2D eigenvalue weighted by atomic mass is 10.1. The molecule has 0 bridgehead atoms. The molecule has 0 atom stereocenters. The number of carbonyl (C=O) groups is 1. The lowest BCUT2D eigenvalue weighted by Gasteiger charge is -2.11. The number of nitro groups is 1. The molecule has 1 aliphatic rings. The van der Waals surface area contributed by atoms with E-state index in [0.29, 0.717) is 16.9 Å². The van der Waals surface area contributed by atoms with Crippen LogP contribution in [0.1, 0.15) is 16.7 Å². The molecule has 33 heavy (non-hydrogen) atoms. The first kappa shape index (κ1) is 21.8. The number of cyclic esters (lactones) is 1. The quantitative estimate of drug-likeness (QED) is 0.164. The fourth-order valence-corrected chi connectivity index (χ4v) is 3.17. The third kappa shape index (κ3) is 5.43. The van der Waals surface area contributed by atoms with Gasteiger partial charge in [0.1, 0.15) is 24.7 Å². The number of hydrogen-bond acceptors (Lipinski definition) is 7. The summed E-state index contributed by atoms with van der Waals surface area (Å²) >= 11 is 0. The molecule has 1 heterocycles. The van der Waals surface area contributed by atoms with E-state index < -0.39 is 10.9 Å². The number of nitrogens with zero attached hydrogens (tertiary/aromatic N) is 2. The van der Waals surface area contributed by atoms with Crippen molar-refractivity contribution in [2.24, 2.45) is 4.99 Å². The number of nitro benzene ring substituents is 1. The van der Waals surface area contributed by atoms with Crippen LogP contribution in [-0.2, 0) is 9.53 Å². The minimum Gasteiger partial charge on any atom is -0.490 e. The van der Waals surface area contributed by atoms with E-state index in [1.807, 2.05) is 37.3 Å². The molecule has 166 valence electrons. The van der Waals surface area contributed by atoms with Crippen molar-refractivity contribution >= 4 is 23.6 Å². The number of carbonyl (C=O) groups excluding carboxylic acids is 1. The van der Waals surface area contributed by atoms with Crippen molar-refractivity contribution in [2.75, 3.05) is 13.2 Å². The van der Waals surface area contributed by atoms with Crippen molar-refractivity contribution in [1.82, 2.24) is 0 Å². The zero-order valence-electron chi connectivity index (χ0n) is 17.8. The molecule has 0 N–H and O–H groups in total. The van der Waals surface area contributed by atoms with Gasteiger partial charge in [-0.1, -0.05) is 30.3 Å². The van der Waals surface area contributed by atoms with Crippen LogP contribution in [0.5, 0.6) is 11.5 Å². The number of rotatable bonds is 8. The number of hydrogen-bond donors (Lipinski definition) is 0. The first-order valence-corrected chi connectivity index (χ1v) is 10.2. The molecule has 0 fully saturated rings. The highest BCUT2D eigenvalue weighted by molar-refractivity contribution is 6.12. The van der Waals surface area contributed by atoms with Crippen molar-refractivity contribution in [3.8, 4) is 11.5 Å². The maximum Gasteiger partial charge on any atom is 0.363 e. The smallest absolute Gasteiger partial charge is 0.363 e. The van der Waals surface area contributed by atoms with Gasteiger partial charge in [-0.3, -0.25) is 10.1 Å². The highest BCUT2D eigenvalue weighted by atomic mass is 16.6. The van der Waals surface area contributed by atoms with Crippen LogP contribution in [0.2, 0.25) is 0 Å². The van der Waals surface area contributed by atoms with Crippen LogP contribution in [0.25, 0.3) is 6.08 Å². The van der Waals surface area contributed by atoms with Crippen LogP contribution in [0.3, 0.4) is 0 Å². The third-order valence-corrected chi connectivity index (χ3v) is 4.74. The Balaban J connectivity index is 1.53. The fraction of sp³-hybridized carbons (Fsp3) is 0.120. The number of ether oxygens (including phenoxy) is 3. The number of esters is 1. The van der Waals surface area contributed by atoms with Crippen molar-refractivity contribution in [1.29, 1.82) is 0 Å². The largest absolute Gasteiger partial charge is 0.490 e. The molecule has 0 unspecified atom stereocenters. The van der Waals surface area contributed by atoms with Crippen LogP contribution < -0.4 is 9.47 Å². The van der Waals surface area contributed by atoms with Gasteiger partial charge in [0, 0.05) is 23.3 Å². The standard InChI is InChI=1S/C25H20N2O6/c1-17-6-5-9-21(14-17)31-12-13-32-23-11-10-20(27(29)30)15-19(23)16-22-25(28)33-24(26-22)18-7-3-2-4-8-18/h2-11,14-16H,12-13H2,1H3/b22-16-. The molecule has 0 aromatic heterocycles. The van der Waals surface area contributed by atoms with Gasteiger partial charge in [-0.15, -0.1) is 0 Å². The molecule has 3 aromatic carbocycles. The van der Waals surface area contributed by atoms with E-state index >= 15 is 0 Å². The minimum absolute atomic E-state index is 0.0233. The van der Waals surface area contributed by atoms with Crippen molar-refractivity contribution in [2.45, 2.75) is 6.92 Å². The molecular formula is C25H20N2O6. The molecule has 3 aromatic rings. The Morgan fingerprint density at radius 3 is 2.55 bits per heavy atom. The molecule has 8 heteroatoms.